The van der Waals surface area contributed by atoms with Crippen LogP contribution in [0, 0.1) is 5.92 Å². The zero-order valence-corrected chi connectivity index (χ0v) is 14.5. The number of amides is 1. The molecule has 2 saturated carbocycles. The fraction of sp³-hybridized carbons (Fsp3) is 0.500. The number of hydrogen-bond acceptors (Lipinski definition) is 5. The summed E-state index contributed by atoms with van der Waals surface area (Å²) in [5.41, 5.74) is 2.65. The highest BCUT2D eigenvalue weighted by molar-refractivity contribution is 5.93. The first-order chi connectivity index (χ1) is 12.7. The van der Waals surface area contributed by atoms with E-state index in [1.165, 1.54) is 12.0 Å². The van der Waals surface area contributed by atoms with Gasteiger partial charge in [-0.15, -0.1) is 0 Å². The van der Waals surface area contributed by atoms with Crippen LogP contribution in [-0.4, -0.2) is 28.7 Å². The van der Waals surface area contributed by atoms with Crippen molar-refractivity contribution in [2.24, 2.45) is 5.92 Å². The lowest BCUT2D eigenvalue weighted by atomic mass is 9.74. The number of fused-ring (bicyclic) bond motifs is 1. The largest absolute Gasteiger partial charge is 0.493 e. The normalized spacial score (nSPS) is 25.1. The Morgan fingerprint density at radius 1 is 1.31 bits per heavy atom. The summed E-state index contributed by atoms with van der Waals surface area (Å²) in [5.74, 6) is 2.01. The lowest BCUT2D eigenvalue weighted by Crippen LogP contribution is -2.41. The first kappa shape index (κ1) is 15.9. The molecule has 1 aliphatic heterocycles. The minimum Gasteiger partial charge on any atom is -0.493 e. The second-order valence-electron chi connectivity index (χ2n) is 7.64. The second kappa shape index (κ2) is 6.13. The topological polar surface area (TPSA) is 84.6 Å². The van der Waals surface area contributed by atoms with E-state index in [0.29, 0.717) is 36.8 Å². The molecule has 1 aromatic carbocycles. The van der Waals surface area contributed by atoms with Crippen LogP contribution >= 0.6 is 0 Å². The molecule has 2 heterocycles. The van der Waals surface area contributed by atoms with Crippen molar-refractivity contribution in [3.05, 3.63) is 47.2 Å². The maximum Gasteiger partial charge on any atom is 0.274 e. The molecule has 1 aromatic heterocycles. The Morgan fingerprint density at radius 3 is 2.92 bits per heavy atom. The van der Waals surface area contributed by atoms with Gasteiger partial charge in [0.1, 0.15) is 11.5 Å². The molecule has 5 rings (SSSR count). The molecule has 2 aliphatic carbocycles. The van der Waals surface area contributed by atoms with Crippen LogP contribution in [0.1, 0.15) is 65.0 Å². The monoisotopic (exact) mass is 354 g/mol. The number of carbonyl (C=O) groups excluding carboxylic acids is 1. The minimum absolute atomic E-state index is 0.138. The number of benzene rings is 1. The van der Waals surface area contributed by atoms with Crippen LogP contribution in [0.25, 0.3) is 0 Å². The number of aromatic nitrogens is 1. The van der Waals surface area contributed by atoms with Gasteiger partial charge >= 0.3 is 0 Å². The predicted molar refractivity (Wildman–Crippen MR) is 93.1 cm³/mol. The highest BCUT2D eigenvalue weighted by atomic mass is 16.5. The third-order valence-corrected chi connectivity index (χ3v) is 5.74. The number of nitrogens with one attached hydrogen (secondary N) is 1. The van der Waals surface area contributed by atoms with Crippen molar-refractivity contribution >= 4 is 5.91 Å². The van der Waals surface area contributed by atoms with E-state index >= 15 is 0 Å². The molecular formula is C20H22N2O4. The molecule has 1 unspecified atom stereocenters. The molecule has 0 bridgehead atoms. The van der Waals surface area contributed by atoms with Gasteiger partial charge in [0.15, 0.2) is 12.1 Å². The van der Waals surface area contributed by atoms with Crippen LogP contribution in [0.2, 0.25) is 0 Å². The van der Waals surface area contributed by atoms with Crippen LogP contribution < -0.4 is 10.1 Å². The summed E-state index contributed by atoms with van der Waals surface area (Å²) in [7, 11) is 0. The Hall–Kier alpha value is -2.34. The number of rotatable bonds is 5. The summed E-state index contributed by atoms with van der Waals surface area (Å²) in [6, 6.07) is 5.99. The van der Waals surface area contributed by atoms with Gasteiger partial charge in [-0.05, 0) is 54.9 Å². The maximum absolute atomic E-state index is 12.9. The molecule has 0 saturated heterocycles. The number of aliphatic hydroxyl groups is 1. The van der Waals surface area contributed by atoms with Crippen molar-refractivity contribution in [3.63, 3.8) is 0 Å². The number of ether oxygens (including phenoxy) is 1. The van der Waals surface area contributed by atoms with E-state index in [4.69, 9.17) is 9.15 Å². The van der Waals surface area contributed by atoms with Crippen LogP contribution in [0.4, 0.5) is 0 Å². The molecule has 2 aromatic rings. The first-order valence-electron chi connectivity index (χ1n) is 9.37. The number of hydrogen-bond donors (Lipinski definition) is 2. The highest BCUT2D eigenvalue weighted by Gasteiger charge is 2.38. The Balaban J connectivity index is 1.41. The highest BCUT2D eigenvalue weighted by Crippen LogP contribution is 2.42. The number of nitrogens with zero attached hydrogens (tertiary/aromatic N) is 1. The quantitative estimate of drug-likeness (QED) is 0.862. The van der Waals surface area contributed by atoms with E-state index in [2.05, 4.69) is 16.4 Å². The second-order valence-corrected chi connectivity index (χ2v) is 7.64. The SMILES string of the molecule is O=C(NC(c1ccc2c(c1)CCO2)C1CC(O)C1)c1ncoc1C1CC1. The summed E-state index contributed by atoms with van der Waals surface area (Å²) in [6.07, 6.45) is 5.49. The molecule has 0 radical (unpaired) electrons. The van der Waals surface area contributed by atoms with Crippen molar-refractivity contribution in [1.82, 2.24) is 10.3 Å². The molecule has 6 heteroatoms. The maximum atomic E-state index is 12.9. The molecule has 1 amide bonds. The number of oxazole rings is 1. The van der Waals surface area contributed by atoms with Gasteiger partial charge in [0.25, 0.3) is 5.91 Å². The summed E-state index contributed by atoms with van der Waals surface area (Å²) in [6.45, 7) is 0.710. The third kappa shape index (κ3) is 2.78. The van der Waals surface area contributed by atoms with Crippen LogP contribution in [0.3, 0.4) is 0 Å². The molecule has 2 fully saturated rings. The van der Waals surface area contributed by atoms with Crippen LogP contribution in [0.5, 0.6) is 5.75 Å². The van der Waals surface area contributed by atoms with E-state index in [0.717, 1.165) is 30.6 Å². The average molecular weight is 354 g/mol. The Kier molecular flexibility index (Phi) is 3.74. The van der Waals surface area contributed by atoms with E-state index < -0.39 is 0 Å². The Labute approximate surface area is 151 Å². The molecule has 2 N–H and O–H groups in total. The molecule has 26 heavy (non-hydrogen) atoms. The standard InChI is InChI=1S/C20H22N2O4/c23-15-8-14(9-15)17(13-3-4-16-12(7-13)5-6-25-16)22-20(24)18-19(11-1-2-11)26-10-21-18/h3-4,7,10-11,14-15,17,23H,1-2,5-6,8-9H2,(H,22,24). The molecule has 136 valence electrons. The summed E-state index contributed by atoms with van der Waals surface area (Å²) in [5, 5.41) is 12.9. The van der Waals surface area contributed by atoms with Gasteiger partial charge in [-0.1, -0.05) is 6.07 Å². The fourth-order valence-corrected chi connectivity index (χ4v) is 4.05. The molecule has 1 atom stereocenters. The van der Waals surface area contributed by atoms with Crippen molar-refractivity contribution in [2.45, 2.75) is 50.2 Å². The smallest absolute Gasteiger partial charge is 0.274 e. The van der Waals surface area contributed by atoms with E-state index in [-0.39, 0.29) is 24.0 Å². The van der Waals surface area contributed by atoms with Crippen molar-refractivity contribution in [2.75, 3.05) is 6.61 Å². The van der Waals surface area contributed by atoms with Gasteiger partial charge in [-0.25, -0.2) is 4.98 Å². The van der Waals surface area contributed by atoms with Gasteiger partial charge in [-0.2, -0.15) is 0 Å². The fourth-order valence-electron chi connectivity index (χ4n) is 4.05. The van der Waals surface area contributed by atoms with Crippen molar-refractivity contribution < 1.29 is 19.1 Å². The number of aliphatic hydroxyl groups excluding tert-OH is 1. The molecule has 6 nitrogen and oxygen atoms in total. The third-order valence-electron chi connectivity index (χ3n) is 5.74. The minimum atomic E-state index is -0.272. The van der Waals surface area contributed by atoms with Crippen molar-refractivity contribution in [1.29, 1.82) is 0 Å². The summed E-state index contributed by atoms with van der Waals surface area (Å²) >= 11 is 0. The van der Waals surface area contributed by atoms with E-state index in [9.17, 15) is 9.90 Å². The number of carbonyl (C=O) groups is 1. The zero-order chi connectivity index (χ0) is 17.7. The Bertz CT molecular complexity index is 836. The lowest BCUT2D eigenvalue weighted by Gasteiger charge is -2.38. The van der Waals surface area contributed by atoms with Gasteiger partial charge in [0, 0.05) is 12.3 Å². The van der Waals surface area contributed by atoms with Crippen molar-refractivity contribution in [3.8, 4) is 5.75 Å². The first-order valence-corrected chi connectivity index (χ1v) is 9.37. The van der Waals surface area contributed by atoms with Crippen LogP contribution in [-0.2, 0) is 6.42 Å². The van der Waals surface area contributed by atoms with Gasteiger partial charge in [0.05, 0.1) is 18.8 Å². The van der Waals surface area contributed by atoms with E-state index in [1.54, 1.807) is 0 Å². The predicted octanol–water partition coefficient (Wildman–Crippen LogP) is 2.73. The molecule has 3 aliphatic rings. The Morgan fingerprint density at radius 2 is 2.15 bits per heavy atom. The van der Waals surface area contributed by atoms with Crippen LogP contribution in [0.15, 0.2) is 29.0 Å². The van der Waals surface area contributed by atoms with E-state index in [1.807, 2.05) is 12.1 Å². The summed E-state index contributed by atoms with van der Waals surface area (Å²) < 4.78 is 11.0. The average Bonchev–Trinajstić information content (AvgIpc) is 3.16. The molecule has 0 spiro atoms. The zero-order valence-electron chi connectivity index (χ0n) is 14.5. The van der Waals surface area contributed by atoms with Gasteiger partial charge < -0.3 is 19.6 Å². The van der Waals surface area contributed by atoms with Gasteiger partial charge in [0.2, 0.25) is 0 Å². The summed E-state index contributed by atoms with van der Waals surface area (Å²) in [4.78, 5) is 17.0. The molecular weight excluding hydrogens is 332 g/mol. The van der Waals surface area contributed by atoms with Gasteiger partial charge in [-0.3, -0.25) is 4.79 Å². The lowest BCUT2D eigenvalue weighted by molar-refractivity contribution is 0.0234.